The lowest BCUT2D eigenvalue weighted by molar-refractivity contribution is -0.0264. The van der Waals surface area contributed by atoms with E-state index in [0.29, 0.717) is 12.1 Å². The number of ether oxygens (including phenoxy) is 1. The number of likely N-dealkylation sites (N-methyl/N-ethyl adjacent to an activating group) is 1. The third-order valence-corrected chi connectivity index (χ3v) is 3.47. The molecule has 3 nitrogen and oxygen atoms in total. The van der Waals surface area contributed by atoms with Gasteiger partial charge in [-0.2, -0.15) is 0 Å². The van der Waals surface area contributed by atoms with E-state index < -0.39 is 0 Å². The van der Waals surface area contributed by atoms with Gasteiger partial charge in [0.05, 0.1) is 12.7 Å². The molecule has 0 aromatic carbocycles. The first-order valence-corrected chi connectivity index (χ1v) is 6.96. The van der Waals surface area contributed by atoms with Crippen molar-refractivity contribution >= 4 is 11.6 Å². The van der Waals surface area contributed by atoms with Gasteiger partial charge < -0.3 is 10.1 Å². The number of rotatable bonds is 7. The highest BCUT2D eigenvalue weighted by Crippen LogP contribution is 2.05. The molecule has 1 fully saturated rings. The molecular weight excluding hydrogens is 224 g/mol. The van der Waals surface area contributed by atoms with Crippen LogP contribution in [0.5, 0.6) is 0 Å². The highest BCUT2D eigenvalue weighted by atomic mass is 35.5. The SMILES string of the molecule is CCC(CCCl)NCC1CN(CC)CCO1. The van der Waals surface area contributed by atoms with Crippen molar-refractivity contribution in [3.8, 4) is 0 Å². The number of hydrogen-bond donors (Lipinski definition) is 1. The van der Waals surface area contributed by atoms with Crippen LogP contribution in [0.2, 0.25) is 0 Å². The minimum absolute atomic E-state index is 0.345. The van der Waals surface area contributed by atoms with E-state index in [1.165, 1.54) is 0 Å². The van der Waals surface area contributed by atoms with Gasteiger partial charge in [0, 0.05) is 31.6 Å². The maximum Gasteiger partial charge on any atom is 0.0826 e. The Hall–Kier alpha value is 0.170. The molecule has 16 heavy (non-hydrogen) atoms. The van der Waals surface area contributed by atoms with Crippen LogP contribution in [0.1, 0.15) is 26.7 Å². The summed E-state index contributed by atoms with van der Waals surface area (Å²) in [5, 5.41) is 3.55. The number of hydrogen-bond acceptors (Lipinski definition) is 3. The average molecular weight is 249 g/mol. The predicted octanol–water partition coefficient (Wildman–Crippen LogP) is 1.70. The lowest BCUT2D eigenvalue weighted by Crippen LogP contribution is -2.48. The Morgan fingerprint density at radius 3 is 2.94 bits per heavy atom. The van der Waals surface area contributed by atoms with Crippen molar-refractivity contribution in [2.24, 2.45) is 0 Å². The van der Waals surface area contributed by atoms with E-state index in [1.807, 2.05) is 0 Å². The molecule has 0 aromatic heterocycles. The fraction of sp³-hybridized carbons (Fsp3) is 1.00. The van der Waals surface area contributed by atoms with Crippen molar-refractivity contribution in [3.05, 3.63) is 0 Å². The molecule has 0 radical (unpaired) electrons. The minimum Gasteiger partial charge on any atom is -0.374 e. The first kappa shape index (κ1) is 14.2. The fourth-order valence-electron chi connectivity index (χ4n) is 2.07. The number of alkyl halides is 1. The zero-order valence-corrected chi connectivity index (χ0v) is 11.3. The molecule has 0 amide bonds. The van der Waals surface area contributed by atoms with Crippen molar-refractivity contribution in [2.75, 3.05) is 38.7 Å². The van der Waals surface area contributed by atoms with Crippen LogP contribution in [0, 0.1) is 0 Å². The fourth-order valence-corrected chi connectivity index (χ4v) is 2.33. The van der Waals surface area contributed by atoms with Crippen molar-refractivity contribution < 1.29 is 4.74 Å². The van der Waals surface area contributed by atoms with Gasteiger partial charge in [0.2, 0.25) is 0 Å². The molecule has 2 atom stereocenters. The average Bonchev–Trinajstić information content (AvgIpc) is 2.34. The van der Waals surface area contributed by atoms with Gasteiger partial charge in [-0.25, -0.2) is 0 Å². The Morgan fingerprint density at radius 2 is 2.31 bits per heavy atom. The summed E-state index contributed by atoms with van der Waals surface area (Å²) in [5.41, 5.74) is 0. The van der Waals surface area contributed by atoms with Crippen molar-refractivity contribution in [1.29, 1.82) is 0 Å². The topological polar surface area (TPSA) is 24.5 Å². The molecule has 1 rings (SSSR count). The van der Waals surface area contributed by atoms with E-state index in [9.17, 15) is 0 Å². The number of morpholine rings is 1. The second-order valence-corrected chi connectivity index (χ2v) is 4.76. The van der Waals surface area contributed by atoms with Crippen LogP contribution < -0.4 is 5.32 Å². The third-order valence-electron chi connectivity index (χ3n) is 3.25. The molecule has 0 aromatic rings. The first-order valence-electron chi connectivity index (χ1n) is 6.43. The summed E-state index contributed by atoms with van der Waals surface area (Å²) in [4.78, 5) is 2.44. The Kier molecular flexibility index (Phi) is 7.37. The maximum atomic E-state index is 5.76. The van der Waals surface area contributed by atoms with Gasteiger partial charge >= 0.3 is 0 Å². The standard InChI is InChI=1S/C12H25ClN2O/c1-3-11(5-6-13)14-9-12-10-15(4-2)7-8-16-12/h11-12,14H,3-10H2,1-2H3. The molecule has 2 unspecified atom stereocenters. The van der Waals surface area contributed by atoms with Gasteiger partial charge in [0.1, 0.15) is 0 Å². The van der Waals surface area contributed by atoms with E-state index in [1.54, 1.807) is 0 Å². The van der Waals surface area contributed by atoms with Crippen LogP contribution in [-0.4, -0.2) is 55.7 Å². The van der Waals surface area contributed by atoms with Gasteiger partial charge in [-0.1, -0.05) is 13.8 Å². The Labute approximate surface area is 104 Å². The zero-order valence-electron chi connectivity index (χ0n) is 10.5. The highest BCUT2D eigenvalue weighted by molar-refractivity contribution is 6.17. The Morgan fingerprint density at radius 1 is 1.50 bits per heavy atom. The van der Waals surface area contributed by atoms with Crippen LogP contribution in [0.25, 0.3) is 0 Å². The summed E-state index contributed by atoms with van der Waals surface area (Å²) in [6, 6.07) is 0.540. The number of nitrogens with one attached hydrogen (secondary N) is 1. The molecule has 1 N–H and O–H groups in total. The van der Waals surface area contributed by atoms with E-state index in [4.69, 9.17) is 16.3 Å². The van der Waals surface area contributed by atoms with Gasteiger partial charge in [0.25, 0.3) is 0 Å². The highest BCUT2D eigenvalue weighted by Gasteiger charge is 2.19. The summed E-state index contributed by atoms with van der Waals surface area (Å²) in [5.74, 6) is 0.734. The van der Waals surface area contributed by atoms with Crippen molar-refractivity contribution in [3.63, 3.8) is 0 Å². The smallest absolute Gasteiger partial charge is 0.0826 e. The van der Waals surface area contributed by atoms with E-state index in [0.717, 1.165) is 51.5 Å². The molecule has 96 valence electrons. The molecule has 1 heterocycles. The van der Waals surface area contributed by atoms with Gasteiger partial charge in [-0.3, -0.25) is 4.90 Å². The predicted molar refractivity (Wildman–Crippen MR) is 69.3 cm³/mol. The van der Waals surface area contributed by atoms with Crippen molar-refractivity contribution in [2.45, 2.75) is 38.8 Å². The second-order valence-electron chi connectivity index (χ2n) is 4.38. The molecule has 0 aliphatic carbocycles. The summed E-state index contributed by atoms with van der Waals surface area (Å²) in [6.07, 6.45) is 2.53. The monoisotopic (exact) mass is 248 g/mol. The van der Waals surface area contributed by atoms with Gasteiger partial charge in [0.15, 0.2) is 0 Å². The molecule has 1 aliphatic rings. The van der Waals surface area contributed by atoms with Crippen LogP contribution in [0.3, 0.4) is 0 Å². The van der Waals surface area contributed by atoms with E-state index >= 15 is 0 Å². The largest absolute Gasteiger partial charge is 0.374 e. The number of halogens is 1. The third kappa shape index (κ3) is 5.00. The Balaban J connectivity index is 2.20. The van der Waals surface area contributed by atoms with Crippen LogP contribution in [-0.2, 0) is 4.74 Å². The molecule has 4 heteroatoms. The number of nitrogens with zero attached hydrogens (tertiary/aromatic N) is 1. The maximum absolute atomic E-state index is 5.76. The summed E-state index contributed by atoms with van der Waals surface area (Å²) >= 11 is 5.76. The van der Waals surface area contributed by atoms with Crippen LogP contribution in [0.4, 0.5) is 0 Å². The van der Waals surface area contributed by atoms with Gasteiger partial charge in [-0.05, 0) is 19.4 Å². The summed E-state index contributed by atoms with van der Waals surface area (Å²) < 4.78 is 5.75. The molecular formula is C12H25ClN2O. The van der Waals surface area contributed by atoms with E-state index in [2.05, 4.69) is 24.1 Å². The molecule has 0 saturated carbocycles. The lowest BCUT2D eigenvalue weighted by Gasteiger charge is -2.33. The zero-order chi connectivity index (χ0) is 11.8. The first-order chi connectivity index (χ1) is 7.80. The van der Waals surface area contributed by atoms with Crippen LogP contribution >= 0.6 is 11.6 Å². The normalized spacial score (nSPS) is 24.6. The van der Waals surface area contributed by atoms with Crippen molar-refractivity contribution in [1.82, 2.24) is 10.2 Å². The van der Waals surface area contributed by atoms with Crippen LogP contribution in [0.15, 0.2) is 0 Å². The van der Waals surface area contributed by atoms with Gasteiger partial charge in [-0.15, -0.1) is 11.6 Å². The summed E-state index contributed by atoms with van der Waals surface area (Å²) in [6.45, 7) is 9.48. The molecule has 1 aliphatic heterocycles. The lowest BCUT2D eigenvalue weighted by atomic mass is 10.1. The van der Waals surface area contributed by atoms with E-state index in [-0.39, 0.29) is 0 Å². The quantitative estimate of drug-likeness (QED) is 0.695. The molecule has 0 bridgehead atoms. The Bertz CT molecular complexity index is 180. The molecule has 1 saturated heterocycles. The molecule has 0 spiro atoms. The summed E-state index contributed by atoms with van der Waals surface area (Å²) in [7, 11) is 0. The minimum atomic E-state index is 0.345. The second kappa shape index (κ2) is 8.29.